The zero-order chi connectivity index (χ0) is 18.1. The molecule has 1 aromatic carbocycles. The molecule has 1 amide bonds. The van der Waals surface area contributed by atoms with Crippen LogP contribution in [0.15, 0.2) is 36.7 Å². The van der Waals surface area contributed by atoms with Crippen LogP contribution in [0.1, 0.15) is 30.0 Å². The minimum Gasteiger partial charge on any atom is -0.342 e. The number of nitrogens with zero attached hydrogens (tertiary/aromatic N) is 5. The van der Waals surface area contributed by atoms with E-state index in [1.165, 1.54) is 0 Å². The molecule has 0 atom stereocenters. The summed E-state index contributed by atoms with van der Waals surface area (Å²) < 4.78 is 1.79. The van der Waals surface area contributed by atoms with Crippen molar-refractivity contribution in [1.29, 1.82) is 0 Å². The third-order valence-corrected chi connectivity index (χ3v) is 5.20. The number of likely N-dealkylation sites (tertiary alicyclic amines) is 1. The van der Waals surface area contributed by atoms with Crippen LogP contribution in [0.5, 0.6) is 0 Å². The molecule has 0 N–H and O–H groups in total. The van der Waals surface area contributed by atoms with Gasteiger partial charge in [-0.1, -0.05) is 23.7 Å². The van der Waals surface area contributed by atoms with E-state index in [1.807, 2.05) is 36.2 Å². The molecule has 0 aliphatic carbocycles. The van der Waals surface area contributed by atoms with Crippen molar-refractivity contribution >= 4 is 28.7 Å². The highest BCUT2D eigenvalue weighted by Crippen LogP contribution is 2.31. The topological polar surface area (TPSA) is 63.9 Å². The van der Waals surface area contributed by atoms with E-state index < -0.39 is 0 Å². The summed E-state index contributed by atoms with van der Waals surface area (Å²) in [6, 6.07) is 7.49. The average molecular weight is 370 g/mol. The van der Waals surface area contributed by atoms with Gasteiger partial charge in [0.1, 0.15) is 5.52 Å². The molecule has 134 valence electrons. The van der Waals surface area contributed by atoms with Crippen LogP contribution >= 0.6 is 11.6 Å². The van der Waals surface area contributed by atoms with E-state index in [1.54, 1.807) is 17.1 Å². The Morgan fingerprint density at radius 3 is 2.77 bits per heavy atom. The van der Waals surface area contributed by atoms with Crippen molar-refractivity contribution in [3.63, 3.8) is 0 Å². The van der Waals surface area contributed by atoms with Gasteiger partial charge in [-0.3, -0.25) is 4.79 Å². The number of aromatic nitrogens is 4. The van der Waals surface area contributed by atoms with Gasteiger partial charge in [0.05, 0.1) is 12.1 Å². The second-order valence-electron chi connectivity index (χ2n) is 6.70. The number of carbonyl (C=O) groups excluding carboxylic acids is 1. The molecule has 7 heteroatoms. The molecule has 1 aliphatic rings. The molecular formula is C19H20ClN5O. The maximum absolute atomic E-state index is 12.6. The third-order valence-electron chi connectivity index (χ3n) is 4.96. The van der Waals surface area contributed by atoms with Gasteiger partial charge >= 0.3 is 0 Å². The van der Waals surface area contributed by atoms with Gasteiger partial charge in [-0.2, -0.15) is 5.10 Å². The van der Waals surface area contributed by atoms with Gasteiger partial charge < -0.3 is 4.90 Å². The lowest BCUT2D eigenvalue weighted by Gasteiger charge is -2.31. The summed E-state index contributed by atoms with van der Waals surface area (Å²) in [7, 11) is 1.89. The second kappa shape index (κ2) is 7.03. The summed E-state index contributed by atoms with van der Waals surface area (Å²) in [6.07, 6.45) is 5.57. The van der Waals surface area contributed by atoms with E-state index >= 15 is 0 Å². The zero-order valence-electron chi connectivity index (χ0n) is 14.6. The average Bonchev–Trinajstić information content (AvgIpc) is 2.99. The number of piperidine rings is 1. The minimum atomic E-state index is 0.149. The van der Waals surface area contributed by atoms with E-state index in [-0.39, 0.29) is 5.91 Å². The SMILES string of the molecule is Cn1nc(C2CCN(C(=O)Cc3cccc(Cl)c3)CC2)c2nccnc21. The fraction of sp³-hybridized carbons (Fsp3) is 0.368. The largest absolute Gasteiger partial charge is 0.342 e. The summed E-state index contributed by atoms with van der Waals surface area (Å²) >= 11 is 6.01. The van der Waals surface area contributed by atoms with E-state index in [0.29, 0.717) is 17.4 Å². The van der Waals surface area contributed by atoms with Gasteiger partial charge in [0.2, 0.25) is 5.91 Å². The van der Waals surface area contributed by atoms with Crippen LogP contribution < -0.4 is 0 Å². The van der Waals surface area contributed by atoms with Crippen molar-refractivity contribution in [3.05, 3.63) is 52.9 Å². The minimum absolute atomic E-state index is 0.149. The monoisotopic (exact) mass is 369 g/mol. The fourth-order valence-corrected chi connectivity index (χ4v) is 3.83. The zero-order valence-corrected chi connectivity index (χ0v) is 15.4. The number of halogens is 1. The predicted molar refractivity (Wildman–Crippen MR) is 100 cm³/mol. The summed E-state index contributed by atoms with van der Waals surface area (Å²) in [4.78, 5) is 23.3. The molecule has 3 heterocycles. The Bertz CT molecular complexity index is 946. The first-order valence-corrected chi connectivity index (χ1v) is 9.15. The van der Waals surface area contributed by atoms with Crippen LogP contribution in [0, 0.1) is 0 Å². The summed E-state index contributed by atoms with van der Waals surface area (Å²) in [5, 5.41) is 5.30. The van der Waals surface area contributed by atoms with Crippen LogP contribution in [0.25, 0.3) is 11.2 Å². The Morgan fingerprint density at radius 1 is 1.23 bits per heavy atom. The van der Waals surface area contributed by atoms with Gasteiger partial charge in [-0.05, 0) is 30.5 Å². The molecule has 0 saturated carbocycles. The lowest BCUT2D eigenvalue weighted by Crippen LogP contribution is -2.38. The van der Waals surface area contributed by atoms with E-state index in [9.17, 15) is 4.79 Å². The van der Waals surface area contributed by atoms with Crippen LogP contribution in [0.4, 0.5) is 0 Å². The number of carbonyl (C=O) groups is 1. The smallest absolute Gasteiger partial charge is 0.226 e. The first-order chi connectivity index (χ1) is 12.6. The number of fused-ring (bicyclic) bond motifs is 1. The van der Waals surface area contributed by atoms with Crippen LogP contribution in [0.2, 0.25) is 5.02 Å². The van der Waals surface area contributed by atoms with Crippen molar-refractivity contribution in [2.75, 3.05) is 13.1 Å². The second-order valence-corrected chi connectivity index (χ2v) is 7.14. The molecule has 0 bridgehead atoms. The highest BCUT2D eigenvalue weighted by molar-refractivity contribution is 6.30. The van der Waals surface area contributed by atoms with Crippen LogP contribution in [0.3, 0.4) is 0 Å². The molecule has 1 fully saturated rings. The number of rotatable bonds is 3. The number of aryl methyl sites for hydroxylation is 1. The van der Waals surface area contributed by atoms with Crippen LogP contribution in [-0.2, 0) is 18.3 Å². The molecule has 2 aromatic heterocycles. The van der Waals surface area contributed by atoms with Crippen molar-refractivity contribution in [1.82, 2.24) is 24.6 Å². The Kier molecular flexibility index (Phi) is 4.59. The fourth-order valence-electron chi connectivity index (χ4n) is 3.62. The quantitative estimate of drug-likeness (QED) is 0.712. The lowest BCUT2D eigenvalue weighted by molar-refractivity contribution is -0.131. The standard InChI is InChI=1S/C19H20ClN5O/c1-24-19-18(21-7-8-22-19)17(23-24)14-5-9-25(10-6-14)16(26)12-13-3-2-4-15(20)11-13/h2-4,7-8,11,14H,5-6,9-10,12H2,1H3. The molecule has 6 nitrogen and oxygen atoms in total. The maximum Gasteiger partial charge on any atom is 0.226 e. The Hall–Kier alpha value is -2.47. The normalized spacial score (nSPS) is 15.5. The van der Waals surface area contributed by atoms with Crippen molar-refractivity contribution in [2.45, 2.75) is 25.2 Å². The molecule has 0 spiro atoms. The number of benzene rings is 1. The highest BCUT2D eigenvalue weighted by atomic mass is 35.5. The van der Waals surface area contributed by atoms with Gasteiger partial charge in [-0.15, -0.1) is 0 Å². The Balaban J connectivity index is 1.43. The van der Waals surface area contributed by atoms with E-state index in [4.69, 9.17) is 11.6 Å². The van der Waals surface area contributed by atoms with Gasteiger partial charge in [-0.25, -0.2) is 14.6 Å². The maximum atomic E-state index is 12.6. The number of hydrogen-bond donors (Lipinski definition) is 0. The predicted octanol–water partition coefficient (Wildman–Crippen LogP) is 2.97. The van der Waals surface area contributed by atoms with Crippen molar-refractivity contribution in [2.24, 2.45) is 7.05 Å². The number of hydrogen-bond acceptors (Lipinski definition) is 4. The third kappa shape index (κ3) is 3.29. The summed E-state index contributed by atoms with van der Waals surface area (Å²) in [6.45, 7) is 1.48. The van der Waals surface area contributed by atoms with E-state index in [0.717, 1.165) is 48.4 Å². The molecular weight excluding hydrogens is 350 g/mol. The van der Waals surface area contributed by atoms with Gasteiger partial charge in [0, 0.05) is 43.5 Å². The molecule has 1 aliphatic heterocycles. The van der Waals surface area contributed by atoms with Crippen molar-refractivity contribution in [3.8, 4) is 0 Å². The first-order valence-electron chi connectivity index (χ1n) is 8.77. The Labute approximate surface area is 156 Å². The molecule has 0 radical (unpaired) electrons. The molecule has 1 saturated heterocycles. The van der Waals surface area contributed by atoms with E-state index in [2.05, 4.69) is 15.1 Å². The molecule has 26 heavy (non-hydrogen) atoms. The molecule has 0 unspecified atom stereocenters. The first kappa shape index (κ1) is 17.0. The van der Waals surface area contributed by atoms with Gasteiger partial charge in [0.15, 0.2) is 5.65 Å². The van der Waals surface area contributed by atoms with Crippen molar-refractivity contribution < 1.29 is 4.79 Å². The summed E-state index contributed by atoms with van der Waals surface area (Å²) in [5.41, 5.74) is 3.63. The summed E-state index contributed by atoms with van der Waals surface area (Å²) in [5.74, 6) is 0.460. The van der Waals surface area contributed by atoms with Crippen LogP contribution in [-0.4, -0.2) is 43.6 Å². The number of amides is 1. The highest BCUT2D eigenvalue weighted by Gasteiger charge is 2.27. The van der Waals surface area contributed by atoms with Gasteiger partial charge in [0.25, 0.3) is 0 Å². The Morgan fingerprint density at radius 2 is 2.00 bits per heavy atom. The lowest BCUT2D eigenvalue weighted by atomic mass is 9.92. The molecule has 3 aromatic rings. The molecule has 4 rings (SSSR count).